The molecule has 1 rings (SSSR count). The molecule has 0 aromatic heterocycles. The molecule has 78 valence electrons. The van der Waals surface area contributed by atoms with E-state index in [1.54, 1.807) is 0 Å². The van der Waals surface area contributed by atoms with Crippen LogP contribution < -0.4 is 0 Å². The highest BCUT2D eigenvalue weighted by Gasteiger charge is 2.24. The number of likely N-dealkylation sites (tertiary alicyclic amines) is 1. The van der Waals surface area contributed by atoms with Gasteiger partial charge in [0.05, 0.1) is 0 Å². The number of rotatable bonds is 2. The third kappa shape index (κ3) is 2.83. The molecular weight excluding hydrogens is 186 g/mol. The Balaban J connectivity index is 2.63. The van der Waals surface area contributed by atoms with Gasteiger partial charge in [0.25, 0.3) is 5.91 Å². The highest BCUT2D eigenvalue weighted by molar-refractivity contribution is 6.36. The minimum Gasteiger partial charge on any atom is -0.480 e. The second-order valence-electron chi connectivity index (χ2n) is 3.35. The van der Waals surface area contributed by atoms with E-state index in [0.29, 0.717) is 6.54 Å². The van der Waals surface area contributed by atoms with E-state index in [2.05, 4.69) is 0 Å². The summed E-state index contributed by atoms with van der Waals surface area (Å²) in [7, 11) is 0. The summed E-state index contributed by atoms with van der Waals surface area (Å²) in [6.45, 7) is 0.00144. The van der Waals surface area contributed by atoms with Crippen molar-refractivity contribution in [3.8, 4) is 0 Å². The zero-order valence-electron chi connectivity index (χ0n) is 7.86. The molecule has 0 aromatic rings. The van der Waals surface area contributed by atoms with E-state index in [4.69, 9.17) is 5.11 Å². The molecule has 0 atom stereocenters. The second kappa shape index (κ2) is 4.74. The van der Waals surface area contributed by atoms with Crippen LogP contribution in [-0.4, -0.2) is 40.8 Å². The number of aliphatic carboxylic acids is 1. The highest BCUT2D eigenvalue weighted by Crippen LogP contribution is 2.08. The van der Waals surface area contributed by atoms with E-state index >= 15 is 0 Å². The van der Waals surface area contributed by atoms with E-state index in [9.17, 15) is 14.4 Å². The average Bonchev–Trinajstić information content (AvgIpc) is 2.11. The summed E-state index contributed by atoms with van der Waals surface area (Å²) in [4.78, 5) is 34.0. The highest BCUT2D eigenvalue weighted by atomic mass is 16.4. The van der Waals surface area contributed by atoms with Crippen LogP contribution in [0.5, 0.6) is 0 Å². The lowest BCUT2D eigenvalue weighted by atomic mass is 10.1. The molecule has 0 bridgehead atoms. The molecule has 5 heteroatoms. The van der Waals surface area contributed by atoms with E-state index in [1.807, 2.05) is 0 Å². The largest absolute Gasteiger partial charge is 0.480 e. The maximum absolute atomic E-state index is 11.3. The van der Waals surface area contributed by atoms with Crippen molar-refractivity contribution in [1.29, 1.82) is 0 Å². The fourth-order valence-corrected chi connectivity index (χ4v) is 1.46. The lowest BCUT2D eigenvalue weighted by molar-refractivity contribution is -0.149. The Morgan fingerprint density at radius 3 is 2.64 bits per heavy atom. The van der Waals surface area contributed by atoms with Gasteiger partial charge in [-0.3, -0.25) is 14.4 Å². The van der Waals surface area contributed by atoms with Gasteiger partial charge in [-0.25, -0.2) is 0 Å². The molecule has 14 heavy (non-hydrogen) atoms. The van der Waals surface area contributed by atoms with Gasteiger partial charge in [-0.05, 0) is 12.8 Å². The van der Waals surface area contributed by atoms with Crippen molar-refractivity contribution in [2.45, 2.75) is 25.7 Å². The number of hydrogen-bond donors (Lipinski definition) is 1. The Kier molecular flexibility index (Phi) is 3.62. The first-order chi connectivity index (χ1) is 6.61. The Labute approximate surface area is 81.7 Å². The van der Waals surface area contributed by atoms with Crippen LogP contribution in [0.25, 0.3) is 0 Å². The van der Waals surface area contributed by atoms with Crippen molar-refractivity contribution in [2.75, 3.05) is 13.1 Å². The molecule has 0 spiro atoms. The zero-order chi connectivity index (χ0) is 10.6. The molecule has 5 nitrogen and oxygen atoms in total. The van der Waals surface area contributed by atoms with Crippen molar-refractivity contribution in [2.24, 2.45) is 0 Å². The van der Waals surface area contributed by atoms with Gasteiger partial charge in [0.1, 0.15) is 6.54 Å². The molecule has 1 N–H and O–H groups in total. The van der Waals surface area contributed by atoms with Crippen LogP contribution in [0.1, 0.15) is 25.7 Å². The Hall–Kier alpha value is -1.39. The average molecular weight is 199 g/mol. The van der Waals surface area contributed by atoms with Crippen LogP contribution in [0.15, 0.2) is 0 Å². The van der Waals surface area contributed by atoms with Crippen molar-refractivity contribution in [3.63, 3.8) is 0 Å². The minimum atomic E-state index is -1.08. The molecule has 0 saturated carbocycles. The molecule has 1 heterocycles. The van der Waals surface area contributed by atoms with Gasteiger partial charge in [0.15, 0.2) is 0 Å². The molecule has 0 aliphatic carbocycles. The summed E-state index contributed by atoms with van der Waals surface area (Å²) in [5, 5.41) is 8.53. The summed E-state index contributed by atoms with van der Waals surface area (Å²) in [6.07, 6.45) is 2.61. The van der Waals surface area contributed by atoms with Crippen LogP contribution in [0.3, 0.4) is 0 Å². The third-order valence-corrected chi connectivity index (χ3v) is 2.18. The van der Waals surface area contributed by atoms with E-state index in [0.717, 1.165) is 24.2 Å². The number of carboxylic acid groups (broad SMARTS) is 1. The summed E-state index contributed by atoms with van der Waals surface area (Å²) >= 11 is 0. The standard InChI is InChI=1S/C9H13NO4/c11-7-4-2-1-3-5-10(9(7)14)6-8(12)13/h1-6H2,(H,12,13). The lowest BCUT2D eigenvalue weighted by Gasteiger charge is -2.21. The fraction of sp³-hybridized carbons (Fsp3) is 0.667. The van der Waals surface area contributed by atoms with Crippen LogP contribution in [0.2, 0.25) is 0 Å². The van der Waals surface area contributed by atoms with Crippen molar-refractivity contribution >= 4 is 17.7 Å². The number of carboxylic acids is 1. The van der Waals surface area contributed by atoms with E-state index in [1.165, 1.54) is 0 Å². The molecule has 0 unspecified atom stereocenters. The Morgan fingerprint density at radius 1 is 1.29 bits per heavy atom. The zero-order valence-corrected chi connectivity index (χ0v) is 7.86. The van der Waals surface area contributed by atoms with E-state index in [-0.39, 0.29) is 13.0 Å². The van der Waals surface area contributed by atoms with Gasteiger partial charge < -0.3 is 10.0 Å². The van der Waals surface area contributed by atoms with Crippen LogP contribution in [-0.2, 0) is 14.4 Å². The number of hydrogen-bond acceptors (Lipinski definition) is 3. The Bertz CT molecular complexity index is 262. The van der Waals surface area contributed by atoms with Crippen LogP contribution >= 0.6 is 0 Å². The lowest BCUT2D eigenvalue weighted by Crippen LogP contribution is -2.41. The van der Waals surface area contributed by atoms with Crippen molar-refractivity contribution < 1.29 is 19.5 Å². The molecule has 1 aliphatic rings. The molecular formula is C9H13NO4. The van der Waals surface area contributed by atoms with Gasteiger partial charge in [-0.1, -0.05) is 6.42 Å². The maximum Gasteiger partial charge on any atom is 0.323 e. The first kappa shape index (κ1) is 10.7. The predicted molar refractivity (Wildman–Crippen MR) is 47.7 cm³/mol. The van der Waals surface area contributed by atoms with Gasteiger partial charge in [-0.15, -0.1) is 0 Å². The number of carbonyl (C=O) groups is 3. The van der Waals surface area contributed by atoms with Gasteiger partial charge in [-0.2, -0.15) is 0 Å². The van der Waals surface area contributed by atoms with Gasteiger partial charge in [0.2, 0.25) is 5.78 Å². The van der Waals surface area contributed by atoms with Crippen LogP contribution in [0, 0.1) is 0 Å². The monoisotopic (exact) mass is 199 g/mol. The van der Waals surface area contributed by atoms with Gasteiger partial charge >= 0.3 is 5.97 Å². The summed E-state index contributed by atoms with van der Waals surface area (Å²) in [5.41, 5.74) is 0. The molecule has 1 saturated heterocycles. The predicted octanol–water partition coefficient (Wildman–Crippen LogP) is 0.0427. The molecule has 1 aliphatic heterocycles. The quantitative estimate of drug-likeness (QED) is 0.637. The second-order valence-corrected chi connectivity index (χ2v) is 3.35. The fourth-order valence-electron chi connectivity index (χ4n) is 1.46. The summed E-state index contributed by atoms with van der Waals surface area (Å²) < 4.78 is 0. The van der Waals surface area contributed by atoms with Crippen molar-refractivity contribution in [3.05, 3.63) is 0 Å². The third-order valence-electron chi connectivity index (χ3n) is 2.18. The first-order valence-corrected chi connectivity index (χ1v) is 4.65. The number of nitrogens with zero attached hydrogens (tertiary/aromatic N) is 1. The molecule has 1 amide bonds. The number of Topliss-reactive ketones (excluding diaryl/α,β-unsaturated/α-hetero) is 1. The SMILES string of the molecule is O=C(O)CN1CCCCCC(=O)C1=O. The molecule has 1 fully saturated rings. The summed E-state index contributed by atoms with van der Waals surface area (Å²) in [6, 6.07) is 0. The van der Waals surface area contributed by atoms with Crippen molar-refractivity contribution in [1.82, 2.24) is 4.90 Å². The number of carbonyl (C=O) groups excluding carboxylic acids is 2. The summed E-state index contributed by atoms with van der Waals surface area (Å²) in [5.74, 6) is -2.19. The minimum absolute atomic E-state index is 0.245. The first-order valence-electron chi connectivity index (χ1n) is 4.65. The molecule has 0 aromatic carbocycles. The maximum atomic E-state index is 11.3. The topological polar surface area (TPSA) is 74.7 Å². The molecule has 0 radical (unpaired) electrons. The smallest absolute Gasteiger partial charge is 0.323 e. The van der Waals surface area contributed by atoms with Gasteiger partial charge in [0, 0.05) is 13.0 Å². The van der Waals surface area contributed by atoms with E-state index < -0.39 is 17.7 Å². The van der Waals surface area contributed by atoms with Crippen LogP contribution in [0.4, 0.5) is 0 Å². The number of ketones is 1. The Morgan fingerprint density at radius 2 is 2.00 bits per heavy atom. The number of amides is 1. The normalized spacial score (nSPS) is 19.0.